The lowest BCUT2D eigenvalue weighted by molar-refractivity contribution is 0.398. The average Bonchev–Trinajstić information content (AvgIpc) is 2.60. The van der Waals surface area contributed by atoms with Gasteiger partial charge in [-0.15, -0.1) is 0 Å². The van der Waals surface area contributed by atoms with Gasteiger partial charge in [-0.1, -0.05) is 38.1 Å². The molecule has 0 radical (unpaired) electrons. The Morgan fingerprint density at radius 2 is 1.96 bits per heavy atom. The molecule has 23 heavy (non-hydrogen) atoms. The molecule has 1 aromatic heterocycles. The lowest BCUT2D eigenvalue weighted by Crippen LogP contribution is -2.30. The third kappa shape index (κ3) is 4.20. The zero-order valence-electron chi connectivity index (χ0n) is 13.9. The van der Waals surface area contributed by atoms with Gasteiger partial charge in [-0.05, 0) is 42.3 Å². The van der Waals surface area contributed by atoms with Crippen LogP contribution in [0.25, 0.3) is 0 Å². The van der Waals surface area contributed by atoms with Gasteiger partial charge in [0.05, 0.1) is 7.11 Å². The summed E-state index contributed by atoms with van der Waals surface area (Å²) in [5.41, 5.74) is 1.16. The van der Waals surface area contributed by atoms with E-state index >= 15 is 0 Å². The van der Waals surface area contributed by atoms with Crippen LogP contribution in [-0.4, -0.2) is 24.3 Å². The van der Waals surface area contributed by atoms with Crippen molar-refractivity contribution in [2.24, 2.45) is 0 Å². The molecule has 122 valence electrons. The van der Waals surface area contributed by atoms with Crippen LogP contribution in [0, 0.1) is 0 Å². The summed E-state index contributed by atoms with van der Waals surface area (Å²) in [5.74, 6) is 2.42. The molecule has 2 aromatic rings. The highest BCUT2D eigenvalue weighted by molar-refractivity contribution is 7.80. The van der Waals surface area contributed by atoms with Gasteiger partial charge in [0.1, 0.15) is 11.6 Å². The number of nitrogens with zero attached hydrogens (tertiary/aromatic N) is 2. The first-order chi connectivity index (χ1) is 11.1. The van der Waals surface area contributed by atoms with Crippen molar-refractivity contribution in [2.75, 3.05) is 19.1 Å². The molecule has 1 aromatic carbocycles. The molecule has 0 saturated carbocycles. The van der Waals surface area contributed by atoms with Gasteiger partial charge in [0.2, 0.25) is 5.88 Å². The van der Waals surface area contributed by atoms with E-state index in [1.165, 1.54) is 0 Å². The van der Waals surface area contributed by atoms with Crippen molar-refractivity contribution in [1.82, 2.24) is 4.98 Å². The molecule has 2 rings (SSSR count). The summed E-state index contributed by atoms with van der Waals surface area (Å²) < 4.78 is 11.1. The highest BCUT2D eigenvalue weighted by Gasteiger charge is 2.15. The van der Waals surface area contributed by atoms with E-state index in [2.05, 4.69) is 24.9 Å². The second-order valence-electron chi connectivity index (χ2n) is 5.31. The van der Waals surface area contributed by atoms with Crippen LogP contribution in [0.1, 0.15) is 31.7 Å². The maximum absolute atomic E-state index is 5.93. The van der Waals surface area contributed by atoms with E-state index in [1.54, 1.807) is 18.1 Å². The average molecular weight is 330 g/mol. The van der Waals surface area contributed by atoms with Gasteiger partial charge in [0.25, 0.3) is 5.17 Å². The molecular formula is C18H22N2O2S. The topological polar surface area (TPSA) is 34.6 Å². The molecular weight excluding hydrogens is 308 g/mol. The first-order valence-corrected chi connectivity index (χ1v) is 8.03. The van der Waals surface area contributed by atoms with E-state index < -0.39 is 0 Å². The lowest BCUT2D eigenvalue weighted by Gasteiger charge is -2.21. The molecule has 1 atom stereocenters. The van der Waals surface area contributed by atoms with E-state index in [1.807, 2.05) is 37.4 Å². The third-order valence-electron chi connectivity index (χ3n) is 3.80. The SMILES string of the molecule is CCC(C)c1ccccc1OC(=S)N(C)c1cccc(OC)n1. The van der Waals surface area contributed by atoms with Gasteiger partial charge >= 0.3 is 0 Å². The van der Waals surface area contributed by atoms with Crippen LogP contribution >= 0.6 is 12.2 Å². The summed E-state index contributed by atoms with van der Waals surface area (Å²) in [7, 11) is 3.42. The molecule has 0 saturated heterocycles. The van der Waals surface area contributed by atoms with Crippen LogP contribution in [-0.2, 0) is 0 Å². The number of rotatable bonds is 5. The fraction of sp³-hybridized carbons (Fsp3) is 0.333. The highest BCUT2D eigenvalue weighted by Crippen LogP contribution is 2.29. The predicted molar refractivity (Wildman–Crippen MR) is 97.6 cm³/mol. The van der Waals surface area contributed by atoms with Gasteiger partial charge in [-0.3, -0.25) is 4.90 Å². The zero-order valence-corrected chi connectivity index (χ0v) is 14.8. The zero-order chi connectivity index (χ0) is 16.8. The van der Waals surface area contributed by atoms with Crippen LogP contribution < -0.4 is 14.4 Å². The van der Waals surface area contributed by atoms with Crippen LogP contribution in [0.5, 0.6) is 11.6 Å². The summed E-state index contributed by atoms with van der Waals surface area (Å²) in [6.07, 6.45) is 1.04. The largest absolute Gasteiger partial charge is 0.481 e. The fourth-order valence-corrected chi connectivity index (χ4v) is 2.34. The number of para-hydroxylation sites is 1. The summed E-state index contributed by atoms with van der Waals surface area (Å²) in [6, 6.07) is 13.5. The van der Waals surface area contributed by atoms with E-state index in [0.717, 1.165) is 17.7 Å². The number of hydrogen-bond donors (Lipinski definition) is 0. The quantitative estimate of drug-likeness (QED) is 0.759. The molecule has 4 nitrogen and oxygen atoms in total. The predicted octanol–water partition coefficient (Wildman–Crippen LogP) is 4.40. The number of ether oxygens (including phenoxy) is 2. The number of benzene rings is 1. The summed E-state index contributed by atoms with van der Waals surface area (Å²) >= 11 is 5.43. The van der Waals surface area contributed by atoms with Gasteiger partial charge in [-0.2, -0.15) is 4.98 Å². The van der Waals surface area contributed by atoms with Crippen molar-refractivity contribution in [3.05, 3.63) is 48.0 Å². The number of methoxy groups -OCH3 is 1. The highest BCUT2D eigenvalue weighted by atomic mass is 32.1. The van der Waals surface area contributed by atoms with Crippen molar-refractivity contribution in [3.63, 3.8) is 0 Å². The van der Waals surface area contributed by atoms with E-state index in [9.17, 15) is 0 Å². The number of thiocarbonyl (C=S) groups is 1. The molecule has 0 aliphatic carbocycles. The normalized spacial score (nSPS) is 11.7. The minimum atomic E-state index is 0.349. The molecule has 1 unspecified atom stereocenters. The van der Waals surface area contributed by atoms with Gasteiger partial charge < -0.3 is 9.47 Å². The van der Waals surface area contributed by atoms with Crippen molar-refractivity contribution >= 4 is 23.2 Å². The van der Waals surface area contributed by atoms with Crippen molar-refractivity contribution < 1.29 is 9.47 Å². The fourth-order valence-electron chi connectivity index (χ4n) is 2.16. The Balaban J connectivity index is 2.18. The Kier molecular flexibility index (Phi) is 5.93. The molecule has 0 amide bonds. The molecule has 0 aliphatic heterocycles. The Morgan fingerprint density at radius 3 is 2.65 bits per heavy atom. The minimum Gasteiger partial charge on any atom is -0.481 e. The molecule has 0 aliphatic rings. The molecule has 5 heteroatoms. The monoisotopic (exact) mass is 330 g/mol. The molecule has 0 bridgehead atoms. The summed E-state index contributed by atoms with van der Waals surface area (Å²) in [4.78, 5) is 6.09. The molecule has 1 heterocycles. The number of hydrogen-bond acceptors (Lipinski definition) is 4. The maximum atomic E-state index is 5.93. The Labute approximate surface area is 143 Å². The summed E-state index contributed by atoms with van der Waals surface area (Å²) in [6.45, 7) is 4.34. The van der Waals surface area contributed by atoms with E-state index in [4.69, 9.17) is 21.7 Å². The van der Waals surface area contributed by atoms with E-state index in [-0.39, 0.29) is 0 Å². The smallest absolute Gasteiger partial charge is 0.270 e. The first kappa shape index (κ1) is 17.2. The van der Waals surface area contributed by atoms with Crippen molar-refractivity contribution in [1.29, 1.82) is 0 Å². The number of anilines is 1. The van der Waals surface area contributed by atoms with Crippen LogP contribution in [0.4, 0.5) is 5.82 Å². The second-order valence-corrected chi connectivity index (χ2v) is 5.66. The molecule has 0 spiro atoms. The summed E-state index contributed by atoms with van der Waals surface area (Å²) in [5, 5.41) is 0.349. The Hall–Kier alpha value is -2.14. The number of pyridine rings is 1. The van der Waals surface area contributed by atoms with Crippen LogP contribution in [0.3, 0.4) is 0 Å². The van der Waals surface area contributed by atoms with Crippen LogP contribution in [0.15, 0.2) is 42.5 Å². The third-order valence-corrected chi connectivity index (χ3v) is 4.15. The van der Waals surface area contributed by atoms with Gasteiger partial charge in [0, 0.05) is 13.1 Å². The Morgan fingerprint density at radius 1 is 1.22 bits per heavy atom. The van der Waals surface area contributed by atoms with Crippen molar-refractivity contribution in [3.8, 4) is 11.6 Å². The molecule has 0 fully saturated rings. The second kappa shape index (κ2) is 7.92. The maximum Gasteiger partial charge on any atom is 0.270 e. The van der Waals surface area contributed by atoms with Gasteiger partial charge in [-0.25, -0.2) is 0 Å². The van der Waals surface area contributed by atoms with Crippen molar-refractivity contribution in [2.45, 2.75) is 26.2 Å². The Bertz CT molecular complexity index is 676. The van der Waals surface area contributed by atoms with E-state index in [0.29, 0.717) is 22.8 Å². The lowest BCUT2D eigenvalue weighted by atomic mass is 9.98. The standard InChI is InChI=1S/C18H22N2O2S/c1-5-13(2)14-9-6-7-10-15(14)22-18(23)20(3)16-11-8-12-17(19-16)21-4/h6-13H,5H2,1-4H3. The van der Waals surface area contributed by atoms with Gasteiger partial charge in [0.15, 0.2) is 0 Å². The molecule has 0 N–H and O–H groups in total. The first-order valence-electron chi connectivity index (χ1n) is 7.62. The number of aromatic nitrogens is 1. The minimum absolute atomic E-state index is 0.349. The van der Waals surface area contributed by atoms with Crippen LogP contribution in [0.2, 0.25) is 0 Å².